The van der Waals surface area contributed by atoms with Gasteiger partial charge in [-0.15, -0.1) is 0 Å². The third-order valence-corrected chi connectivity index (χ3v) is 2.92. The van der Waals surface area contributed by atoms with Gasteiger partial charge in [0.2, 0.25) is 0 Å². The predicted octanol–water partition coefficient (Wildman–Crippen LogP) is 1.20. The molecular formula is C13H20N4O3. The van der Waals surface area contributed by atoms with Crippen LogP contribution in [0.2, 0.25) is 0 Å². The van der Waals surface area contributed by atoms with Gasteiger partial charge in [-0.05, 0) is 33.1 Å². The zero-order chi connectivity index (χ0) is 15.3. The van der Waals surface area contributed by atoms with E-state index in [1.807, 2.05) is 19.0 Å². The minimum absolute atomic E-state index is 0.135. The average Bonchev–Trinajstić information content (AvgIpc) is 2.37. The van der Waals surface area contributed by atoms with Crippen molar-refractivity contribution in [3.05, 3.63) is 33.9 Å². The Balaban J connectivity index is 2.80. The van der Waals surface area contributed by atoms with E-state index in [1.54, 1.807) is 7.05 Å². The molecule has 20 heavy (non-hydrogen) atoms. The fourth-order valence-corrected chi connectivity index (χ4v) is 1.77. The van der Waals surface area contributed by atoms with E-state index >= 15 is 0 Å². The molecule has 1 rings (SSSR count). The zero-order valence-electron chi connectivity index (χ0n) is 12.0. The molecule has 2 N–H and O–H groups in total. The summed E-state index contributed by atoms with van der Waals surface area (Å²) in [6.07, 6.45) is 0.823. The number of non-ortho nitro benzene ring substituents is 1. The molecule has 0 fully saturated rings. The molecule has 0 aliphatic rings. The van der Waals surface area contributed by atoms with E-state index in [2.05, 4.69) is 0 Å². The molecule has 1 aromatic rings. The van der Waals surface area contributed by atoms with Gasteiger partial charge in [0.1, 0.15) is 0 Å². The van der Waals surface area contributed by atoms with Gasteiger partial charge in [0.25, 0.3) is 11.6 Å². The highest BCUT2D eigenvalue weighted by molar-refractivity contribution is 5.99. The van der Waals surface area contributed by atoms with Gasteiger partial charge < -0.3 is 15.5 Å². The van der Waals surface area contributed by atoms with Gasteiger partial charge >= 0.3 is 0 Å². The molecule has 0 atom stereocenters. The van der Waals surface area contributed by atoms with Crippen molar-refractivity contribution in [3.63, 3.8) is 0 Å². The molecular weight excluding hydrogens is 260 g/mol. The lowest BCUT2D eigenvalue weighted by molar-refractivity contribution is -0.384. The van der Waals surface area contributed by atoms with Crippen LogP contribution in [0, 0.1) is 10.1 Å². The van der Waals surface area contributed by atoms with Gasteiger partial charge in [-0.3, -0.25) is 14.9 Å². The number of rotatable bonds is 6. The van der Waals surface area contributed by atoms with Crippen LogP contribution in [-0.4, -0.2) is 54.9 Å². The number of hydrogen-bond acceptors (Lipinski definition) is 5. The van der Waals surface area contributed by atoms with Crippen LogP contribution >= 0.6 is 0 Å². The fourth-order valence-electron chi connectivity index (χ4n) is 1.77. The highest BCUT2D eigenvalue weighted by Gasteiger charge is 2.18. The Morgan fingerprint density at radius 2 is 1.95 bits per heavy atom. The largest absolute Gasteiger partial charge is 0.398 e. The maximum absolute atomic E-state index is 12.2. The lowest BCUT2D eigenvalue weighted by atomic mass is 10.1. The smallest absolute Gasteiger partial charge is 0.270 e. The number of hydrogen-bond donors (Lipinski definition) is 1. The number of nitro benzene ring substituents is 1. The summed E-state index contributed by atoms with van der Waals surface area (Å²) in [7, 11) is 5.58. The highest BCUT2D eigenvalue weighted by Crippen LogP contribution is 2.20. The maximum atomic E-state index is 12.2. The SMILES string of the molecule is CN(C)CCCN(C)C(=O)c1cc([N+](=O)[O-])ccc1N. The van der Waals surface area contributed by atoms with E-state index in [0.29, 0.717) is 6.54 Å². The average molecular weight is 280 g/mol. The summed E-state index contributed by atoms with van der Waals surface area (Å²) in [5.41, 5.74) is 6.01. The molecule has 7 nitrogen and oxygen atoms in total. The number of carbonyl (C=O) groups is 1. The minimum Gasteiger partial charge on any atom is -0.398 e. The van der Waals surface area contributed by atoms with Gasteiger partial charge in [-0.1, -0.05) is 0 Å². The number of benzene rings is 1. The molecule has 0 saturated carbocycles. The number of nitrogen functional groups attached to an aromatic ring is 1. The summed E-state index contributed by atoms with van der Waals surface area (Å²) in [5.74, 6) is -0.301. The van der Waals surface area contributed by atoms with Crippen LogP contribution in [-0.2, 0) is 0 Å². The van der Waals surface area contributed by atoms with E-state index in [9.17, 15) is 14.9 Å². The first kappa shape index (κ1) is 15.9. The number of nitrogens with two attached hydrogens (primary N) is 1. The predicted molar refractivity (Wildman–Crippen MR) is 77.6 cm³/mol. The van der Waals surface area contributed by atoms with Crippen molar-refractivity contribution in [3.8, 4) is 0 Å². The molecule has 0 spiro atoms. The van der Waals surface area contributed by atoms with Crippen LogP contribution in [0.1, 0.15) is 16.8 Å². The zero-order valence-corrected chi connectivity index (χ0v) is 12.0. The first-order valence-electron chi connectivity index (χ1n) is 6.27. The van der Waals surface area contributed by atoms with Crippen LogP contribution in [0.25, 0.3) is 0 Å². The summed E-state index contributed by atoms with van der Waals surface area (Å²) < 4.78 is 0. The normalized spacial score (nSPS) is 10.6. The Bertz CT molecular complexity index is 502. The lowest BCUT2D eigenvalue weighted by Crippen LogP contribution is -2.30. The first-order chi connectivity index (χ1) is 9.32. The van der Waals surface area contributed by atoms with Crippen LogP contribution in [0.5, 0.6) is 0 Å². The van der Waals surface area contributed by atoms with Crippen LogP contribution in [0.4, 0.5) is 11.4 Å². The van der Waals surface area contributed by atoms with Crippen LogP contribution in [0.15, 0.2) is 18.2 Å². The molecule has 1 aromatic carbocycles. The molecule has 0 aliphatic carbocycles. The second kappa shape index (κ2) is 6.85. The number of nitrogens with zero attached hydrogens (tertiary/aromatic N) is 3. The summed E-state index contributed by atoms with van der Waals surface area (Å²) in [4.78, 5) is 26.0. The molecule has 0 bridgehead atoms. The van der Waals surface area contributed by atoms with Gasteiger partial charge in [0.15, 0.2) is 0 Å². The highest BCUT2D eigenvalue weighted by atomic mass is 16.6. The monoisotopic (exact) mass is 280 g/mol. The van der Waals surface area contributed by atoms with Gasteiger partial charge in [-0.25, -0.2) is 0 Å². The standard InChI is InChI=1S/C13H20N4O3/c1-15(2)7-4-8-16(3)13(18)11-9-10(17(19)20)5-6-12(11)14/h5-6,9H,4,7-8,14H2,1-3H3. The van der Waals surface area contributed by atoms with Crippen molar-refractivity contribution in [2.75, 3.05) is 40.0 Å². The number of amides is 1. The van der Waals surface area contributed by atoms with Crippen molar-refractivity contribution in [1.29, 1.82) is 0 Å². The third-order valence-electron chi connectivity index (χ3n) is 2.92. The summed E-state index contributed by atoms with van der Waals surface area (Å²) in [6.45, 7) is 1.43. The second-order valence-corrected chi connectivity index (χ2v) is 4.91. The van der Waals surface area contributed by atoms with E-state index in [-0.39, 0.29) is 22.8 Å². The Labute approximate surface area is 118 Å². The second-order valence-electron chi connectivity index (χ2n) is 4.91. The van der Waals surface area contributed by atoms with Gasteiger partial charge in [0, 0.05) is 31.4 Å². The Hall–Kier alpha value is -2.15. The van der Waals surface area contributed by atoms with Crippen molar-refractivity contribution < 1.29 is 9.72 Å². The molecule has 0 radical (unpaired) electrons. The maximum Gasteiger partial charge on any atom is 0.270 e. The van der Waals surface area contributed by atoms with E-state index in [1.165, 1.54) is 23.1 Å². The number of nitro groups is 1. The lowest BCUT2D eigenvalue weighted by Gasteiger charge is -2.19. The summed E-state index contributed by atoms with van der Waals surface area (Å²) in [5, 5.41) is 10.7. The van der Waals surface area contributed by atoms with Crippen LogP contribution < -0.4 is 5.73 Å². The molecule has 7 heteroatoms. The van der Waals surface area contributed by atoms with Crippen molar-refractivity contribution in [2.45, 2.75) is 6.42 Å². The van der Waals surface area contributed by atoms with Crippen molar-refractivity contribution >= 4 is 17.3 Å². The Morgan fingerprint density at radius 3 is 2.50 bits per heavy atom. The Morgan fingerprint density at radius 1 is 1.30 bits per heavy atom. The molecule has 0 unspecified atom stereocenters. The molecule has 110 valence electrons. The Kier molecular flexibility index (Phi) is 5.45. The number of carbonyl (C=O) groups excluding carboxylic acids is 1. The van der Waals surface area contributed by atoms with Crippen molar-refractivity contribution in [2.24, 2.45) is 0 Å². The minimum atomic E-state index is -0.539. The topological polar surface area (TPSA) is 92.7 Å². The quantitative estimate of drug-likeness (QED) is 0.480. The molecule has 1 amide bonds. The fraction of sp³-hybridized carbons (Fsp3) is 0.462. The molecule has 0 heterocycles. The molecule has 0 saturated heterocycles. The van der Waals surface area contributed by atoms with E-state index in [0.717, 1.165) is 13.0 Å². The van der Waals surface area contributed by atoms with Crippen molar-refractivity contribution in [1.82, 2.24) is 9.80 Å². The number of anilines is 1. The third kappa shape index (κ3) is 4.20. The first-order valence-corrected chi connectivity index (χ1v) is 6.27. The van der Waals surface area contributed by atoms with E-state index in [4.69, 9.17) is 5.73 Å². The van der Waals surface area contributed by atoms with Gasteiger partial charge in [-0.2, -0.15) is 0 Å². The molecule has 0 aromatic heterocycles. The summed E-state index contributed by atoms with van der Waals surface area (Å²) >= 11 is 0. The van der Waals surface area contributed by atoms with Crippen LogP contribution in [0.3, 0.4) is 0 Å². The molecule has 0 aliphatic heterocycles. The van der Waals surface area contributed by atoms with E-state index < -0.39 is 4.92 Å². The summed E-state index contributed by atoms with van der Waals surface area (Å²) in [6, 6.07) is 3.90. The van der Waals surface area contributed by atoms with Gasteiger partial charge in [0.05, 0.1) is 10.5 Å².